The highest BCUT2D eigenvalue weighted by atomic mass is 16.5. The second-order valence-electron chi connectivity index (χ2n) is 4.73. The molecule has 0 bridgehead atoms. The molecule has 1 atom stereocenters. The van der Waals surface area contributed by atoms with Crippen LogP contribution in [0.15, 0.2) is 36.7 Å². The first-order chi connectivity index (χ1) is 10.2. The summed E-state index contributed by atoms with van der Waals surface area (Å²) in [5.41, 5.74) is 6.94. The van der Waals surface area contributed by atoms with Gasteiger partial charge in [-0.1, -0.05) is 6.07 Å². The predicted molar refractivity (Wildman–Crippen MR) is 75.3 cm³/mol. The van der Waals surface area contributed by atoms with Crippen molar-refractivity contribution in [1.29, 1.82) is 0 Å². The molecule has 7 nitrogen and oxygen atoms in total. The highest BCUT2D eigenvalue weighted by Gasteiger charge is 2.27. The lowest BCUT2D eigenvalue weighted by Gasteiger charge is -2.32. The van der Waals surface area contributed by atoms with Gasteiger partial charge in [-0.25, -0.2) is 4.98 Å². The first-order valence-electron chi connectivity index (χ1n) is 6.64. The van der Waals surface area contributed by atoms with Gasteiger partial charge >= 0.3 is 0 Å². The van der Waals surface area contributed by atoms with Gasteiger partial charge in [0.05, 0.1) is 36.8 Å². The summed E-state index contributed by atoms with van der Waals surface area (Å²) in [6, 6.07) is 7.05. The summed E-state index contributed by atoms with van der Waals surface area (Å²) in [6.45, 7) is 1.45. The first kappa shape index (κ1) is 13.4. The van der Waals surface area contributed by atoms with Crippen molar-refractivity contribution in [3.05, 3.63) is 47.9 Å². The Morgan fingerprint density at radius 2 is 2.24 bits per heavy atom. The maximum Gasteiger partial charge on any atom is 0.255 e. The number of carbonyl (C=O) groups excluding carboxylic acids is 1. The van der Waals surface area contributed by atoms with Crippen LogP contribution in [0.4, 0.5) is 5.82 Å². The number of nitrogens with two attached hydrogens (primary N) is 1. The Kier molecular flexibility index (Phi) is 3.74. The summed E-state index contributed by atoms with van der Waals surface area (Å²) in [5, 5.41) is 7.41. The van der Waals surface area contributed by atoms with Crippen LogP contribution in [0, 0.1) is 0 Å². The summed E-state index contributed by atoms with van der Waals surface area (Å²) in [6.07, 6.45) is 2.71. The molecule has 1 saturated heterocycles. The van der Waals surface area contributed by atoms with Crippen LogP contribution in [0.2, 0.25) is 0 Å². The number of nitrogen functional groups attached to an aromatic ring is 1. The quantitative estimate of drug-likeness (QED) is 0.871. The van der Waals surface area contributed by atoms with E-state index in [1.165, 1.54) is 12.4 Å². The van der Waals surface area contributed by atoms with Crippen LogP contribution in [0.1, 0.15) is 22.2 Å². The van der Waals surface area contributed by atoms with E-state index in [1.807, 2.05) is 12.1 Å². The van der Waals surface area contributed by atoms with E-state index in [0.29, 0.717) is 31.1 Å². The third-order valence-electron chi connectivity index (χ3n) is 3.31. The molecule has 0 radical (unpaired) electrons. The molecule has 0 aliphatic carbocycles. The number of rotatable bonds is 2. The number of aromatic nitrogens is 3. The van der Waals surface area contributed by atoms with E-state index in [2.05, 4.69) is 15.2 Å². The third kappa shape index (κ3) is 2.97. The average Bonchev–Trinajstić information content (AvgIpc) is 2.55. The van der Waals surface area contributed by atoms with Gasteiger partial charge in [0.1, 0.15) is 11.9 Å². The zero-order chi connectivity index (χ0) is 14.7. The van der Waals surface area contributed by atoms with Gasteiger partial charge < -0.3 is 15.4 Å². The van der Waals surface area contributed by atoms with Gasteiger partial charge in [0.2, 0.25) is 0 Å². The van der Waals surface area contributed by atoms with E-state index in [9.17, 15) is 4.79 Å². The monoisotopic (exact) mass is 285 g/mol. The summed E-state index contributed by atoms with van der Waals surface area (Å²) >= 11 is 0. The molecular formula is C14H15N5O2. The van der Waals surface area contributed by atoms with Gasteiger partial charge in [-0.3, -0.25) is 4.79 Å². The molecule has 3 rings (SSSR count). The topological polar surface area (TPSA) is 94.2 Å². The minimum atomic E-state index is -0.263. The van der Waals surface area contributed by atoms with Gasteiger partial charge in [-0.2, -0.15) is 10.2 Å². The summed E-state index contributed by atoms with van der Waals surface area (Å²) in [4.78, 5) is 18.4. The lowest BCUT2D eigenvalue weighted by molar-refractivity contribution is -0.0246. The number of amides is 1. The van der Waals surface area contributed by atoms with E-state index in [-0.39, 0.29) is 12.0 Å². The minimum Gasteiger partial charge on any atom is -0.384 e. The molecule has 2 N–H and O–H groups in total. The smallest absolute Gasteiger partial charge is 0.255 e. The van der Waals surface area contributed by atoms with E-state index in [1.54, 1.807) is 17.0 Å². The minimum absolute atomic E-state index is 0.0814. The van der Waals surface area contributed by atoms with E-state index >= 15 is 0 Å². The largest absolute Gasteiger partial charge is 0.384 e. The number of morpholine rings is 1. The number of anilines is 1. The van der Waals surface area contributed by atoms with Gasteiger partial charge in [-0.05, 0) is 18.2 Å². The Morgan fingerprint density at radius 1 is 1.33 bits per heavy atom. The molecule has 1 fully saturated rings. The molecule has 2 aromatic rings. The van der Waals surface area contributed by atoms with Crippen LogP contribution in [-0.4, -0.2) is 45.7 Å². The molecule has 2 aromatic heterocycles. The molecule has 1 aliphatic rings. The molecule has 0 aromatic carbocycles. The standard InChI is InChI=1S/C14H15N5O2/c15-13-3-1-2-11(18-13)12-9-19(6-7-21-12)14(20)10-4-5-16-17-8-10/h1-5,8,12H,6-7,9H2,(H2,15,18)/t12-/m0/s1. The zero-order valence-electron chi connectivity index (χ0n) is 11.3. The third-order valence-corrected chi connectivity index (χ3v) is 3.31. The number of hydrogen-bond donors (Lipinski definition) is 1. The normalized spacial score (nSPS) is 18.5. The van der Waals surface area contributed by atoms with Crippen molar-refractivity contribution in [3.8, 4) is 0 Å². The molecule has 21 heavy (non-hydrogen) atoms. The first-order valence-corrected chi connectivity index (χ1v) is 6.64. The second kappa shape index (κ2) is 5.84. The maximum absolute atomic E-state index is 12.4. The molecule has 1 amide bonds. The van der Waals surface area contributed by atoms with Crippen molar-refractivity contribution in [3.63, 3.8) is 0 Å². The summed E-state index contributed by atoms with van der Waals surface area (Å²) in [7, 11) is 0. The van der Waals surface area contributed by atoms with Gasteiger partial charge in [0.25, 0.3) is 5.91 Å². The number of pyridine rings is 1. The van der Waals surface area contributed by atoms with Crippen molar-refractivity contribution in [1.82, 2.24) is 20.1 Å². The highest BCUT2D eigenvalue weighted by molar-refractivity contribution is 5.93. The van der Waals surface area contributed by atoms with Crippen LogP contribution in [0.5, 0.6) is 0 Å². The van der Waals surface area contributed by atoms with Crippen molar-refractivity contribution < 1.29 is 9.53 Å². The number of hydrogen-bond acceptors (Lipinski definition) is 6. The summed E-state index contributed by atoms with van der Waals surface area (Å²) in [5.74, 6) is 0.361. The fourth-order valence-corrected chi connectivity index (χ4v) is 2.26. The Labute approximate surface area is 121 Å². The van der Waals surface area contributed by atoms with Crippen LogP contribution >= 0.6 is 0 Å². The van der Waals surface area contributed by atoms with Crippen LogP contribution in [-0.2, 0) is 4.74 Å². The van der Waals surface area contributed by atoms with Gasteiger partial charge in [-0.15, -0.1) is 0 Å². The number of ether oxygens (including phenoxy) is 1. The van der Waals surface area contributed by atoms with Crippen LogP contribution in [0.25, 0.3) is 0 Å². The number of nitrogens with zero attached hydrogens (tertiary/aromatic N) is 4. The van der Waals surface area contributed by atoms with Gasteiger partial charge in [0, 0.05) is 6.54 Å². The molecule has 0 spiro atoms. The average molecular weight is 285 g/mol. The highest BCUT2D eigenvalue weighted by Crippen LogP contribution is 2.22. The van der Waals surface area contributed by atoms with E-state index in [4.69, 9.17) is 10.5 Å². The molecular weight excluding hydrogens is 270 g/mol. The summed E-state index contributed by atoms with van der Waals surface area (Å²) < 4.78 is 5.70. The van der Waals surface area contributed by atoms with Crippen molar-refractivity contribution >= 4 is 11.7 Å². The lowest BCUT2D eigenvalue weighted by Crippen LogP contribution is -2.42. The van der Waals surface area contributed by atoms with Gasteiger partial charge in [0.15, 0.2) is 0 Å². The molecule has 108 valence electrons. The Morgan fingerprint density at radius 3 is 3.00 bits per heavy atom. The van der Waals surface area contributed by atoms with E-state index in [0.717, 1.165) is 5.69 Å². The molecule has 1 aliphatic heterocycles. The maximum atomic E-state index is 12.4. The van der Waals surface area contributed by atoms with Crippen LogP contribution in [0.3, 0.4) is 0 Å². The SMILES string of the molecule is Nc1cccc([C@@H]2CN(C(=O)c3ccnnc3)CCO2)n1. The Bertz CT molecular complexity index is 634. The molecule has 3 heterocycles. The van der Waals surface area contributed by atoms with Crippen molar-refractivity contribution in [2.45, 2.75) is 6.10 Å². The zero-order valence-corrected chi connectivity index (χ0v) is 11.3. The Balaban J connectivity index is 1.75. The van der Waals surface area contributed by atoms with Crippen LogP contribution < -0.4 is 5.73 Å². The second-order valence-corrected chi connectivity index (χ2v) is 4.73. The fourth-order valence-electron chi connectivity index (χ4n) is 2.26. The number of carbonyl (C=O) groups is 1. The van der Waals surface area contributed by atoms with Crippen molar-refractivity contribution in [2.24, 2.45) is 0 Å². The fraction of sp³-hybridized carbons (Fsp3) is 0.286. The Hall–Kier alpha value is -2.54. The molecule has 0 saturated carbocycles. The molecule has 7 heteroatoms. The van der Waals surface area contributed by atoms with Crippen molar-refractivity contribution in [2.75, 3.05) is 25.4 Å². The van der Waals surface area contributed by atoms with E-state index < -0.39 is 0 Å². The molecule has 0 unspecified atom stereocenters. The lowest BCUT2D eigenvalue weighted by atomic mass is 10.1. The predicted octanol–water partition coefficient (Wildman–Crippen LogP) is 0.667.